The predicted octanol–water partition coefficient (Wildman–Crippen LogP) is 1.24. The number of aryl methyl sites for hydroxylation is 3. The van der Waals surface area contributed by atoms with E-state index >= 15 is 0 Å². The number of carbonyl (C=O) groups excluding carboxylic acids is 1. The molecular formula is C22H27N7O2. The number of rotatable bonds is 4. The van der Waals surface area contributed by atoms with Crippen LogP contribution in [0.1, 0.15) is 58.8 Å². The van der Waals surface area contributed by atoms with Crippen LogP contribution in [0, 0.1) is 0 Å². The lowest BCUT2D eigenvalue weighted by Gasteiger charge is -2.17. The monoisotopic (exact) mass is 421 g/mol. The van der Waals surface area contributed by atoms with E-state index in [2.05, 4.69) is 20.5 Å². The molecule has 3 aromatic rings. The lowest BCUT2D eigenvalue weighted by molar-refractivity contribution is 0.0922. The van der Waals surface area contributed by atoms with E-state index in [4.69, 9.17) is 0 Å². The van der Waals surface area contributed by atoms with Crippen molar-refractivity contribution in [3.05, 3.63) is 63.3 Å². The fourth-order valence-electron chi connectivity index (χ4n) is 4.76. The minimum absolute atomic E-state index is 0.00881. The molecule has 0 saturated heterocycles. The quantitative estimate of drug-likeness (QED) is 0.683. The standard InChI is InChI=1S/C22H27N7O2/c1-27-20(17-6-2-3-7-18(17)25-27)21(30)24-16-8-9-19-26-29(22(31)28(19)12-10-16)14-15-5-4-11-23-13-15/h4-5,11,13,16H,2-3,6-10,12,14H2,1H3,(H,24,30). The summed E-state index contributed by atoms with van der Waals surface area (Å²) in [7, 11) is 1.85. The van der Waals surface area contributed by atoms with Crippen LogP contribution in [0.4, 0.5) is 0 Å². The Kier molecular flexibility index (Phi) is 5.17. The normalized spacial score (nSPS) is 18.2. The fraction of sp³-hybridized carbons (Fsp3) is 0.500. The topological polar surface area (TPSA) is 99.6 Å². The van der Waals surface area contributed by atoms with Gasteiger partial charge in [0.15, 0.2) is 0 Å². The second-order valence-electron chi connectivity index (χ2n) is 8.47. The molecule has 9 heteroatoms. The summed E-state index contributed by atoms with van der Waals surface area (Å²) in [5.74, 6) is 0.722. The van der Waals surface area contributed by atoms with Crippen LogP contribution >= 0.6 is 0 Å². The summed E-state index contributed by atoms with van der Waals surface area (Å²) in [6.45, 7) is 0.966. The first kappa shape index (κ1) is 19.7. The molecule has 3 aromatic heterocycles. The van der Waals surface area contributed by atoms with Crippen LogP contribution in [0.25, 0.3) is 0 Å². The summed E-state index contributed by atoms with van der Waals surface area (Å²) in [5, 5.41) is 12.3. The molecule has 0 spiro atoms. The number of fused-ring (bicyclic) bond motifs is 2. The van der Waals surface area contributed by atoms with E-state index in [9.17, 15) is 9.59 Å². The average Bonchev–Trinajstić information content (AvgIpc) is 3.18. The molecule has 31 heavy (non-hydrogen) atoms. The van der Waals surface area contributed by atoms with Crippen molar-refractivity contribution in [2.45, 2.75) is 64.1 Å². The number of carbonyl (C=O) groups is 1. The molecule has 1 aliphatic carbocycles. The summed E-state index contributed by atoms with van der Waals surface area (Å²) >= 11 is 0. The van der Waals surface area contributed by atoms with Gasteiger partial charge in [-0.15, -0.1) is 0 Å². The molecule has 0 radical (unpaired) electrons. The minimum atomic E-state index is -0.105. The van der Waals surface area contributed by atoms with Crippen molar-refractivity contribution in [3.8, 4) is 0 Å². The first-order valence-corrected chi connectivity index (χ1v) is 11.0. The van der Waals surface area contributed by atoms with Crippen molar-refractivity contribution < 1.29 is 4.79 Å². The van der Waals surface area contributed by atoms with Crippen molar-refractivity contribution >= 4 is 5.91 Å². The molecule has 1 atom stereocenters. The molecule has 4 heterocycles. The van der Waals surface area contributed by atoms with E-state index in [0.29, 0.717) is 31.6 Å². The Labute approximate surface area is 180 Å². The average molecular weight is 422 g/mol. The van der Waals surface area contributed by atoms with Crippen molar-refractivity contribution in [1.29, 1.82) is 0 Å². The van der Waals surface area contributed by atoms with Crippen LogP contribution in [0.5, 0.6) is 0 Å². The van der Waals surface area contributed by atoms with E-state index in [1.807, 2.05) is 19.2 Å². The van der Waals surface area contributed by atoms with Crippen molar-refractivity contribution in [1.82, 2.24) is 34.4 Å². The highest BCUT2D eigenvalue weighted by Gasteiger charge is 2.27. The SMILES string of the molecule is Cn1nc2c(c1C(=O)NC1CCc3nn(Cc4cccnc4)c(=O)n3CC1)CCCC2. The molecule has 1 amide bonds. The highest BCUT2D eigenvalue weighted by Crippen LogP contribution is 2.24. The highest BCUT2D eigenvalue weighted by atomic mass is 16.2. The zero-order valence-corrected chi connectivity index (χ0v) is 17.8. The minimum Gasteiger partial charge on any atom is -0.348 e. The van der Waals surface area contributed by atoms with E-state index in [1.54, 1.807) is 21.6 Å². The molecule has 0 aromatic carbocycles. The maximum absolute atomic E-state index is 13.0. The first-order valence-electron chi connectivity index (χ1n) is 11.0. The maximum Gasteiger partial charge on any atom is 0.346 e. The van der Waals surface area contributed by atoms with Gasteiger partial charge in [0.2, 0.25) is 0 Å². The Bertz CT molecular complexity index is 1160. The Balaban J connectivity index is 1.27. The number of amides is 1. The van der Waals surface area contributed by atoms with E-state index in [1.165, 1.54) is 4.68 Å². The van der Waals surface area contributed by atoms with Crippen LogP contribution in [0.3, 0.4) is 0 Å². The van der Waals surface area contributed by atoms with Gasteiger partial charge in [-0.1, -0.05) is 6.07 Å². The summed E-state index contributed by atoms with van der Waals surface area (Å²) in [6, 6.07) is 3.80. The van der Waals surface area contributed by atoms with Gasteiger partial charge in [0.25, 0.3) is 5.91 Å². The molecule has 1 aliphatic heterocycles. The lowest BCUT2D eigenvalue weighted by atomic mass is 9.95. The molecule has 5 rings (SSSR count). The number of nitrogens with zero attached hydrogens (tertiary/aromatic N) is 6. The maximum atomic E-state index is 13.0. The number of aromatic nitrogens is 6. The predicted molar refractivity (Wildman–Crippen MR) is 114 cm³/mol. The van der Waals surface area contributed by atoms with Crippen LogP contribution in [0.15, 0.2) is 29.3 Å². The number of hydrogen-bond acceptors (Lipinski definition) is 5. The largest absolute Gasteiger partial charge is 0.348 e. The second-order valence-corrected chi connectivity index (χ2v) is 8.47. The van der Waals surface area contributed by atoms with Gasteiger partial charge in [-0.2, -0.15) is 10.2 Å². The van der Waals surface area contributed by atoms with Crippen molar-refractivity contribution in [2.24, 2.45) is 7.05 Å². The van der Waals surface area contributed by atoms with Crippen molar-refractivity contribution in [2.75, 3.05) is 0 Å². The van der Waals surface area contributed by atoms with Crippen LogP contribution in [-0.2, 0) is 39.4 Å². The molecule has 0 fully saturated rings. The third-order valence-electron chi connectivity index (χ3n) is 6.34. The summed E-state index contributed by atoms with van der Waals surface area (Å²) in [5.41, 5.74) is 3.70. The summed E-state index contributed by atoms with van der Waals surface area (Å²) in [4.78, 5) is 30.0. The first-order chi connectivity index (χ1) is 15.1. The van der Waals surface area contributed by atoms with E-state index in [-0.39, 0.29) is 17.6 Å². The molecule has 2 aliphatic rings. The summed E-state index contributed by atoms with van der Waals surface area (Å²) < 4.78 is 4.98. The summed E-state index contributed by atoms with van der Waals surface area (Å²) in [6.07, 6.45) is 9.70. The fourth-order valence-corrected chi connectivity index (χ4v) is 4.76. The lowest BCUT2D eigenvalue weighted by Crippen LogP contribution is -2.37. The Morgan fingerprint density at radius 2 is 2.06 bits per heavy atom. The van der Waals surface area contributed by atoms with Crippen LogP contribution < -0.4 is 11.0 Å². The van der Waals surface area contributed by atoms with E-state index in [0.717, 1.165) is 54.7 Å². The zero-order chi connectivity index (χ0) is 21.4. The third kappa shape index (κ3) is 3.80. The molecule has 162 valence electrons. The van der Waals surface area contributed by atoms with Gasteiger partial charge in [-0.25, -0.2) is 9.48 Å². The zero-order valence-electron chi connectivity index (χ0n) is 17.8. The van der Waals surface area contributed by atoms with Gasteiger partial charge in [0, 0.05) is 44.0 Å². The molecule has 1 unspecified atom stereocenters. The second kappa shape index (κ2) is 8.13. The highest BCUT2D eigenvalue weighted by molar-refractivity contribution is 5.94. The van der Waals surface area contributed by atoms with Crippen molar-refractivity contribution in [3.63, 3.8) is 0 Å². The molecule has 1 N–H and O–H groups in total. The molecule has 0 bridgehead atoms. The Morgan fingerprint density at radius 3 is 2.90 bits per heavy atom. The third-order valence-corrected chi connectivity index (χ3v) is 6.34. The van der Waals surface area contributed by atoms with Gasteiger partial charge < -0.3 is 5.32 Å². The Morgan fingerprint density at radius 1 is 1.19 bits per heavy atom. The van der Waals surface area contributed by atoms with Gasteiger partial charge in [0.1, 0.15) is 11.5 Å². The molecule has 9 nitrogen and oxygen atoms in total. The number of pyridine rings is 1. The van der Waals surface area contributed by atoms with Gasteiger partial charge in [0.05, 0.1) is 12.2 Å². The van der Waals surface area contributed by atoms with Gasteiger partial charge in [-0.05, 0) is 50.2 Å². The number of hydrogen-bond donors (Lipinski definition) is 1. The number of nitrogens with one attached hydrogen (secondary N) is 1. The van der Waals surface area contributed by atoms with E-state index < -0.39 is 0 Å². The van der Waals surface area contributed by atoms with Gasteiger partial charge in [-0.3, -0.25) is 19.0 Å². The van der Waals surface area contributed by atoms with Crippen LogP contribution in [-0.4, -0.2) is 41.1 Å². The smallest absolute Gasteiger partial charge is 0.346 e. The Hall–Kier alpha value is -3.23. The molecular weight excluding hydrogens is 394 g/mol. The molecule has 0 saturated carbocycles. The van der Waals surface area contributed by atoms with Gasteiger partial charge >= 0.3 is 5.69 Å². The van der Waals surface area contributed by atoms with Crippen LogP contribution in [0.2, 0.25) is 0 Å².